The van der Waals surface area contributed by atoms with E-state index in [-0.39, 0.29) is 24.1 Å². The summed E-state index contributed by atoms with van der Waals surface area (Å²) in [7, 11) is 0. The third-order valence-electron chi connectivity index (χ3n) is 4.46. The zero-order valence-corrected chi connectivity index (χ0v) is 16.1. The summed E-state index contributed by atoms with van der Waals surface area (Å²) in [6.45, 7) is 2.09. The van der Waals surface area contributed by atoms with Crippen LogP contribution in [-0.4, -0.2) is 26.1 Å². The molecule has 0 radical (unpaired) electrons. The molecule has 6 nitrogen and oxygen atoms in total. The Kier molecular flexibility index (Phi) is 8.40. The second kappa shape index (κ2) is 11.5. The zero-order chi connectivity index (χ0) is 19.4. The molecule has 28 heavy (non-hydrogen) atoms. The minimum absolute atomic E-state index is 0.193. The van der Waals surface area contributed by atoms with Crippen molar-refractivity contribution in [2.24, 2.45) is 0 Å². The fourth-order valence-corrected chi connectivity index (χ4v) is 2.91. The zero-order valence-electron chi connectivity index (χ0n) is 16.1. The van der Waals surface area contributed by atoms with Crippen molar-refractivity contribution in [3.63, 3.8) is 0 Å². The molecule has 0 bridgehead atoms. The molecule has 0 spiro atoms. The number of para-hydroxylation sites is 1. The van der Waals surface area contributed by atoms with Gasteiger partial charge in [-0.2, -0.15) is 0 Å². The lowest BCUT2D eigenvalue weighted by atomic mass is 10.2. The third kappa shape index (κ3) is 7.02. The third-order valence-corrected chi connectivity index (χ3v) is 4.46. The van der Waals surface area contributed by atoms with Crippen molar-refractivity contribution >= 4 is 0 Å². The molecule has 1 fully saturated rings. The van der Waals surface area contributed by atoms with Crippen LogP contribution in [0, 0.1) is 0 Å². The van der Waals surface area contributed by atoms with Gasteiger partial charge in [0, 0.05) is 12.7 Å². The van der Waals surface area contributed by atoms with Crippen LogP contribution in [0.25, 0.3) is 0 Å². The average Bonchev–Trinajstić information content (AvgIpc) is 2.74. The molecule has 0 saturated carbocycles. The molecule has 1 aliphatic heterocycles. The summed E-state index contributed by atoms with van der Waals surface area (Å²) in [4.78, 5) is 12.1. The first kappa shape index (κ1) is 20.4. The van der Waals surface area contributed by atoms with Crippen molar-refractivity contribution in [2.45, 2.75) is 51.4 Å². The molecular formula is C22H28O6. The van der Waals surface area contributed by atoms with E-state index >= 15 is 0 Å². The van der Waals surface area contributed by atoms with Gasteiger partial charge in [-0.05, 0) is 50.7 Å². The summed E-state index contributed by atoms with van der Waals surface area (Å²) in [6, 6.07) is 11.2. The standard InChI is InChI=1S/C22H28O6/c23-20-15-19(16-28-22-11-5-8-14-26-22)27-17-21(20)25-13-7-2-6-12-24-18-9-3-1-4-10-18/h1,3-4,9-10,15,17,22H,2,5-8,11-14,16H2. The minimum atomic E-state index is -0.208. The smallest absolute Gasteiger partial charge is 0.227 e. The lowest BCUT2D eigenvalue weighted by molar-refractivity contribution is -0.171. The van der Waals surface area contributed by atoms with E-state index in [1.54, 1.807) is 0 Å². The van der Waals surface area contributed by atoms with Crippen molar-refractivity contribution in [3.8, 4) is 11.5 Å². The molecule has 0 N–H and O–H groups in total. The average molecular weight is 388 g/mol. The Morgan fingerprint density at radius 3 is 2.57 bits per heavy atom. The molecular weight excluding hydrogens is 360 g/mol. The van der Waals surface area contributed by atoms with Crippen LogP contribution in [0.1, 0.15) is 44.3 Å². The summed E-state index contributed by atoms with van der Waals surface area (Å²) >= 11 is 0. The predicted octanol–water partition coefficient (Wildman–Crippen LogP) is 4.31. The van der Waals surface area contributed by atoms with Crippen LogP contribution < -0.4 is 14.9 Å². The van der Waals surface area contributed by atoms with Gasteiger partial charge < -0.3 is 23.4 Å². The van der Waals surface area contributed by atoms with Crippen LogP contribution in [0.5, 0.6) is 11.5 Å². The maximum atomic E-state index is 12.1. The van der Waals surface area contributed by atoms with Crippen LogP contribution in [0.4, 0.5) is 0 Å². The molecule has 2 aromatic rings. The van der Waals surface area contributed by atoms with E-state index in [9.17, 15) is 4.79 Å². The maximum Gasteiger partial charge on any atom is 0.227 e. The highest BCUT2D eigenvalue weighted by molar-refractivity contribution is 5.20. The monoisotopic (exact) mass is 388 g/mol. The van der Waals surface area contributed by atoms with Gasteiger partial charge in [0.1, 0.15) is 24.4 Å². The second-order valence-corrected chi connectivity index (χ2v) is 6.75. The van der Waals surface area contributed by atoms with E-state index in [4.69, 9.17) is 23.4 Å². The highest BCUT2D eigenvalue weighted by Crippen LogP contribution is 2.16. The van der Waals surface area contributed by atoms with Gasteiger partial charge in [0.15, 0.2) is 6.29 Å². The Morgan fingerprint density at radius 1 is 1.00 bits per heavy atom. The van der Waals surface area contributed by atoms with Gasteiger partial charge in [-0.25, -0.2) is 0 Å². The van der Waals surface area contributed by atoms with Crippen molar-refractivity contribution in [1.29, 1.82) is 0 Å². The molecule has 1 aliphatic rings. The van der Waals surface area contributed by atoms with Gasteiger partial charge >= 0.3 is 0 Å². The maximum absolute atomic E-state index is 12.1. The van der Waals surface area contributed by atoms with Gasteiger partial charge in [-0.1, -0.05) is 18.2 Å². The SMILES string of the molecule is O=c1cc(COC2CCCCO2)occ1OCCCCCOc1ccccc1. The van der Waals surface area contributed by atoms with Gasteiger partial charge in [-0.3, -0.25) is 4.79 Å². The van der Waals surface area contributed by atoms with Crippen molar-refractivity contribution in [2.75, 3.05) is 19.8 Å². The van der Waals surface area contributed by atoms with Gasteiger partial charge in [0.05, 0.1) is 13.2 Å². The number of rotatable bonds is 11. The Morgan fingerprint density at radius 2 is 1.82 bits per heavy atom. The number of hydrogen-bond acceptors (Lipinski definition) is 6. The molecule has 1 unspecified atom stereocenters. The highest BCUT2D eigenvalue weighted by atomic mass is 16.7. The minimum Gasteiger partial charge on any atom is -0.494 e. The van der Waals surface area contributed by atoms with Crippen LogP contribution in [0.15, 0.2) is 51.9 Å². The fourth-order valence-electron chi connectivity index (χ4n) is 2.91. The molecule has 1 aromatic heterocycles. The summed E-state index contributed by atoms with van der Waals surface area (Å²) < 4.78 is 27.8. The largest absolute Gasteiger partial charge is 0.494 e. The quantitative estimate of drug-likeness (QED) is 0.534. The Labute approximate surface area is 165 Å². The molecule has 2 heterocycles. The second-order valence-electron chi connectivity index (χ2n) is 6.75. The summed E-state index contributed by atoms with van der Waals surface area (Å²) in [6.07, 6.45) is 6.95. The lowest BCUT2D eigenvalue weighted by Crippen LogP contribution is -2.22. The van der Waals surface area contributed by atoms with E-state index < -0.39 is 0 Å². The summed E-state index contributed by atoms with van der Waals surface area (Å²) in [5, 5.41) is 0. The molecule has 0 amide bonds. The molecule has 6 heteroatoms. The first-order chi connectivity index (χ1) is 13.8. The van der Waals surface area contributed by atoms with Crippen LogP contribution in [0.3, 0.4) is 0 Å². The molecule has 1 atom stereocenters. The van der Waals surface area contributed by atoms with E-state index in [1.807, 2.05) is 30.3 Å². The van der Waals surface area contributed by atoms with E-state index in [2.05, 4.69) is 0 Å². The first-order valence-corrected chi connectivity index (χ1v) is 9.97. The van der Waals surface area contributed by atoms with Crippen molar-refractivity contribution < 1.29 is 23.4 Å². The first-order valence-electron chi connectivity index (χ1n) is 9.97. The molecule has 1 aromatic carbocycles. The number of hydrogen-bond donors (Lipinski definition) is 0. The van der Waals surface area contributed by atoms with Crippen LogP contribution in [-0.2, 0) is 16.1 Å². The highest BCUT2D eigenvalue weighted by Gasteiger charge is 2.15. The molecule has 3 rings (SSSR count). The fraction of sp³-hybridized carbons (Fsp3) is 0.500. The number of benzene rings is 1. The van der Waals surface area contributed by atoms with Crippen molar-refractivity contribution in [3.05, 3.63) is 58.6 Å². The number of ether oxygens (including phenoxy) is 4. The number of unbranched alkanes of at least 4 members (excludes halogenated alkanes) is 2. The van der Waals surface area contributed by atoms with Gasteiger partial charge in [0.2, 0.25) is 11.2 Å². The summed E-state index contributed by atoms with van der Waals surface area (Å²) in [5.41, 5.74) is -0.193. The summed E-state index contributed by atoms with van der Waals surface area (Å²) in [5.74, 6) is 1.60. The van der Waals surface area contributed by atoms with Gasteiger partial charge in [0.25, 0.3) is 0 Å². The van der Waals surface area contributed by atoms with Gasteiger partial charge in [-0.15, -0.1) is 0 Å². The molecule has 152 valence electrons. The van der Waals surface area contributed by atoms with Crippen molar-refractivity contribution in [1.82, 2.24) is 0 Å². The normalized spacial score (nSPS) is 16.6. The Bertz CT molecular complexity index is 736. The molecule has 1 saturated heterocycles. The molecule has 0 aliphatic carbocycles. The topological polar surface area (TPSA) is 67.1 Å². The Hall–Kier alpha value is -2.31. The van der Waals surface area contributed by atoms with E-state index in [0.717, 1.165) is 50.9 Å². The van der Waals surface area contributed by atoms with Crippen LogP contribution in [0.2, 0.25) is 0 Å². The van der Waals surface area contributed by atoms with E-state index in [0.29, 0.717) is 19.0 Å². The predicted molar refractivity (Wildman–Crippen MR) is 105 cm³/mol. The van der Waals surface area contributed by atoms with E-state index in [1.165, 1.54) is 12.3 Å². The Balaban J connectivity index is 1.29. The lowest BCUT2D eigenvalue weighted by Gasteiger charge is -2.22. The van der Waals surface area contributed by atoms with Crippen LogP contribution >= 0.6 is 0 Å².